The van der Waals surface area contributed by atoms with Crippen molar-refractivity contribution in [3.63, 3.8) is 0 Å². The van der Waals surface area contributed by atoms with Crippen molar-refractivity contribution in [1.82, 2.24) is 15.0 Å². The molecule has 0 radical (unpaired) electrons. The molecule has 6 nitrogen and oxygen atoms in total. The van der Waals surface area contributed by atoms with E-state index in [1.54, 1.807) is 25.7 Å². The third-order valence-electron chi connectivity index (χ3n) is 3.57. The van der Waals surface area contributed by atoms with Crippen LogP contribution in [0.25, 0.3) is 11.1 Å². The van der Waals surface area contributed by atoms with Gasteiger partial charge in [0, 0.05) is 35.6 Å². The Hall–Kier alpha value is -2.99. The first-order valence-electron chi connectivity index (χ1n) is 7.46. The number of carbonyl (C=O) groups is 1. The lowest BCUT2D eigenvalue weighted by molar-refractivity contribution is 0.0990. The zero-order chi connectivity index (χ0) is 17.8. The zero-order valence-electron chi connectivity index (χ0n) is 13.4. The van der Waals surface area contributed by atoms with Gasteiger partial charge in [0.05, 0.1) is 7.11 Å². The van der Waals surface area contributed by atoms with Gasteiger partial charge in [-0.05, 0) is 34.9 Å². The summed E-state index contributed by atoms with van der Waals surface area (Å²) in [6.07, 6.45) is 5.45. The zero-order valence-corrected chi connectivity index (χ0v) is 14.2. The number of ether oxygens (including phenoxy) is 1. The van der Waals surface area contributed by atoms with Crippen molar-refractivity contribution in [2.75, 3.05) is 7.11 Å². The lowest BCUT2D eigenvalue weighted by Gasteiger charge is -2.10. The van der Waals surface area contributed by atoms with Crippen molar-refractivity contribution in [2.24, 2.45) is 5.73 Å². The topological polar surface area (TPSA) is 91.0 Å². The maximum Gasteiger partial charge on any atom is 0.286 e. The van der Waals surface area contributed by atoms with E-state index in [0.29, 0.717) is 17.3 Å². The van der Waals surface area contributed by atoms with Crippen molar-refractivity contribution in [3.8, 4) is 17.0 Å². The average molecular weight is 355 g/mol. The number of methoxy groups -OCH3 is 1. The highest BCUT2D eigenvalue weighted by atomic mass is 35.5. The number of primary amides is 1. The Labute approximate surface area is 149 Å². The molecule has 2 aromatic heterocycles. The largest absolute Gasteiger partial charge is 0.481 e. The van der Waals surface area contributed by atoms with Gasteiger partial charge in [0.25, 0.3) is 5.91 Å². The fraction of sp³-hybridized carbons (Fsp3) is 0.111. The summed E-state index contributed by atoms with van der Waals surface area (Å²) in [6, 6.07) is 9.47. The van der Waals surface area contributed by atoms with Crippen molar-refractivity contribution in [2.45, 2.75) is 6.42 Å². The van der Waals surface area contributed by atoms with Crippen LogP contribution in [0.1, 0.15) is 21.7 Å². The number of benzene rings is 1. The number of amides is 1. The molecule has 0 fully saturated rings. The van der Waals surface area contributed by atoms with Gasteiger partial charge in [-0.3, -0.25) is 4.79 Å². The molecule has 0 aliphatic heterocycles. The number of rotatable bonds is 5. The predicted molar refractivity (Wildman–Crippen MR) is 94.6 cm³/mol. The van der Waals surface area contributed by atoms with E-state index in [2.05, 4.69) is 15.0 Å². The van der Waals surface area contributed by atoms with E-state index < -0.39 is 5.91 Å². The van der Waals surface area contributed by atoms with Crippen LogP contribution in [0.3, 0.4) is 0 Å². The van der Waals surface area contributed by atoms with E-state index in [-0.39, 0.29) is 5.82 Å². The number of hydrogen-bond acceptors (Lipinski definition) is 5. The molecule has 0 bridgehead atoms. The predicted octanol–water partition coefficient (Wildman–Crippen LogP) is 2.89. The van der Waals surface area contributed by atoms with Crippen LogP contribution in [0, 0.1) is 0 Å². The van der Waals surface area contributed by atoms with Crippen molar-refractivity contribution in [3.05, 3.63) is 70.9 Å². The summed E-state index contributed by atoms with van der Waals surface area (Å²) in [5, 5.41) is 0.639. The molecule has 126 valence electrons. The smallest absolute Gasteiger partial charge is 0.286 e. The Kier molecular flexibility index (Phi) is 4.90. The maximum absolute atomic E-state index is 11.0. The van der Waals surface area contributed by atoms with Gasteiger partial charge in [-0.2, -0.15) is 0 Å². The minimum atomic E-state index is -0.652. The van der Waals surface area contributed by atoms with Crippen LogP contribution in [0.5, 0.6) is 5.88 Å². The number of carbonyl (C=O) groups excluding carboxylic acids is 1. The van der Waals surface area contributed by atoms with E-state index in [1.165, 1.54) is 0 Å². The summed E-state index contributed by atoms with van der Waals surface area (Å²) in [5.41, 5.74) is 8.70. The summed E-state index contributed by atoms with van der Waals surface area (Å²) >= 11 is 6.08. The maximum atomic E-state index is 11.0. The lowest BCUT2D eigenvalue weighted by Crippen LogP contribution is -2.15. The van der Waals surface area contributed by atoms with Crippen molar-refractivity contribution >= 4 is 17.5 Å². The quantitative estimate of drug-likeness (QED) is 0.760. The van der Waals surface area contributed by atoms with E-state index in [1.807, 2.05) is 30.3 Å². The van der Waals surface area contributed by atoms with Gasteiger partial charge >= 0.3 is 0 Å². The molecule has 0 unspecified atom stereocenters. The van der Waals surface area contributed by atoms with Crippen LogP contribution >= 0.6 is 11.6 Å². The van der Waals surface area contributed by atoms with Gasteiger partial charge in [-0.1, -0.05) is 23.7 Å². The first kappa shape index (κ1) is 16.9. The molecule has 0 atom stereocenters. The molecule has 1 amide bonds. The standard InChI is InChI=1S/C18H15ClN4O2/c1-25-18-15(13-3-2-4-14(19)7-13)6-11(8-23-18)5-12-9-21-17(16(20)24)22-10-12/h2-4,6-10H,5H2,1H3,(H2,20,24). The molecule has 7 heteroatoms. The number of nitrogens with two attached hydrogens (primary N) is 1. The number of halogens is 1. The van der Waals surface area contributed by atoms with Crippen molar-refractivity contribution < 1.29 is 9.53 Å². The molecule has 25 heavy (non-hydrogen) atoms. The first-order valence-corrected chi connectivity index (χ1v) is 7.84. The monoisotopic (exact) mass is 354 g/mol. The third-order valence-corrected chi connectivity index (χ3v) is 3.81. The summed E-state index contributed by atoms with van der Waals surface area (Å²) in [5.74, 6) is -0.136. The van der Waals surface area contributed by atoms with Crippen LogP contribution in [0.4, 0.5) is 0 Å². The fourth-order valence-electron chi connectivity index (χ4n) is 2.43. The van der Waals surface area contributed by atoms with Gasteiger partial charge in [-0.25, -0.2) is 15.0 Å². The molecule has 1 aromatic carbocycles. The molecule has 0 saturated carbocycles. The summed E-state index contributed by atoms with van der Waals surface area (Å²) < 4.78 is 5.36. The lowest BCUT2D eigenvalue weighted by atomic mass is 10.0. The molecule has 0 aliphatic rings. The van der Waals surface area contributed by atoms with Crippen LogP contribution in [-0.2, 0) is 6.42 Å². The Balaban J connectivity index is 1.92. The Morgan fingerprint density at radius 1 is 1.12 bits per heavy atom. The Bertz CT molecular complexity index is 913. The number of aromatic nitrogens is 3. The molecular formula is C18H15ClN4O2. The molecule has 0 saturated heterocycles. The minimum Gasteiger partial charge on any atom is -0.481 e. The highest BCUT2D eigenvalue weighted by Gasteiger charge is 2.10. The summed E-state index contributed by atoms with van der Waals surface area (Å²) in [6.45, 7) is 0. The second-order valence-corrected chi connectivity index (χ2v) is 5.80. The van der Waals surface area contributed by atoms with E-state index in [0.717, 1.165) is 22.3 Å². The number of nitrogens with zero attached hydrogens (tertiary/aromatic N) is 3. The molecule has 0 spiro atoms. The normalized spacial score (nSPS) is 10.5. The van der Waals surface area contributed by atoms with Crippen LogP contribution in [0.2, 0.25) is 5.02 Å². The average Bonchev–Trinajstić information content (AvgIpc) is 2.62. The highest BCUT2D eigenvalue weighted by molar-refractivity contribution is 6.30. The molecule has 3 rings (SSSR count). The van der Waals surface area contributed by atoms with Crippen LogP contribution in [0.15, 0.2) is 48.9 Å². The molecule has 0 aliphatic carbocycles. The molecule has 3 aromatic rings. The van der Waals surface area contributed by atoms with Crippen molar-refractivity contribution in [1.29, 1.82) is 0 Å². The molecular weight excluding hydrogens is 340 g/mol. The van der Waals surface area contributed by atoms with Crippen LogP contribution in [-0.4, -0.2) is 28.0 Å². The summed E-state index contributed by atoms with van der Waals surface area (Å²) in [4.78, 5) is 23.3. The fourth-order valence-corrected chi connectivity index (χ4v) is 2.62. The van der Waals surface area contributed by atoms with Crippen LogP contribution < -0.4 is 10.5 Å². The third kappa shape index (κ3) is 3.92. The molecule has 2 heterocycles. The minimum absolute atomic E-state index is 0.00350. The van der Waals surface area contributed by atoms with Gasteiger partial charge in [0.1, 0.15) is 0 Å². The van der Waals surface area contributed by atoms with E-state index >= 15 is 0 Å². The first-order chi connectivity index (χ1) is 12.1. The highest BCUT2D eigenvalue weighted by Crippen LogP contribution is 2.30. The van der Waals surface area contributed by atoms with E-state index in [9.17, 15) is 4.79 Å². The van der Waals surface area contributed by atoms with E-state index in [4.69, 9.17) is 22.1 Å². The summed E-state index contributed by atoms with van der Waals surface area (Å²) in [7, 11) is 1.58. The second kappa shape index (κ2) is 7.27. The molecule has 2 N–H and O–H groups in total. The van der Waals surface area contributed by atoms with Gasteiger partial charge < -0.3 is 10.5 Å². The van der Waals surface area contributed by atoms with Gasteiger partial charge in [0.15, 0.2) is 0 Å². The Morgan fingerprint density at radius 2 is 1.84 bits per heavy atom. The number of hydrogen-bond donors (Lipinski definition) is 1. The SMILES string of the molecule is COc1ncc(Cc2cnc(C(N)=O)nc2)cc1-c1cccc(Cl)c1. The Morgan fingerprint density at radius 3 is 2.48 bits per heavy atom. The number of pyridine rings is 1. The van der Waals surface area contributed by atoms with Gasteiger partial charge in [0.2, 0.25) is 11.7 Å². The second-order valence-electron chi connectivity index (χ2n) is 5.37. The van der Waals surface area contributed by atoms with Gasteiger partial charge in [-0.15, -0.1) is 0 Å².